The summed E-state index contributed by atoms with van der Waals surface area (Å²) in [6.45, 7) is 3.06. The molecule has 1 heterocycles. The van der Waals surface area contributed by atoms with Crippen molar-refractivity contribution >= 4 is 23.2 Å². The van der Waals surface area contributed by atoms with Crippen LogP contribution in [0.2, 0.25) is 0 Å². The average Bonchev–Trinajstić information content (AvgIpc) is 2.59. The van der Waals surface area contributed by atoms with Gasteiger partial charge in [-0.15, -0.1) is 0 Å². The lowest BCUT2D eigenvalue weighted by Gasteiger charge is -2.07. The summed E-state index contributed by atoms with van der Waals surface area (Å²) in [6.07, 6.45) is 3.31. The van der Waals surface area contributed by atoms with Crippen molar-refractivity contribution < 1.29 is 14.3 Å². The molecule has 1 aromatic carbocycles. The standard InChI is InChI=1S/C17H18N4O3/c1-12(14-7-9-18-10-8-14)20-21-17(23)11-24-16-5-3-15(4-6-16)19-13(2)22/h3-10H,11H2,1-2H3,(H,19,22)(H,21,23). The fraction of sp³-hybridized carbons (Fsp3) is 0.176. The second-order valence-corrected chi connectivity index (χ2v) is 4.96. The third-order valence-electron chi connectivity index (χ3n) is 2.99. The molecule has 2 amide bonds. The number of benzene rings is 1. The lowest BCUT2D eigenvalue weighted by Crippen LogP contribution is -2.25. The summed E-state index contributed by atoms with van der Waals surface area (Å²) < 4.78 is 5.36. The monoisotopic (exact) mass is 326 g/mol. The quantitative estimate of drug-likeness (QED) is 0.627. The third kappa shape index (κ3) is 5.53. The Morgan fingerprint density at radius 2 is 1.75 bits per heavy atom. The van der Waals surface area contributed by atoms with Gasteiger partial charge in [-0.25, -0.2) is 5.43 Å². The number of carbonyl (C=O) groups excluding carboxylic acids is 2. The molecule has 24 heavy (non-hydrogen) atoms. The Labute approximate surface area is 139 Å². The first-order chi connectivity index (χ1) is 11.5. The molecule has 7 heteroatoms. The number of carbonyl (C=O) groups is 2. The van der Waals surface area contributed by atoms with Crippen molar-refractivity contribution in [1.82, 2.24) is 10.4 Å². The predicted octanol–water partition coefficient (Wildman–Crippen LogP) is 1.96. The largest absolute Gasteiger partial charge is 0.484 e. The van der Waals surface area contributed by atoms with Gasteiger partial charge in [0.1, 0.15) is 5.75 Å². The molecule has 0 bridgehead atoms. The fourth-order valence-corrected chi connectivity index (χ4v) is 1.82. The summed E-state index contributed by atoms with van der Waals surface area (Å²) in [5, 5.41) is 6.66. The maximum absolute atomic E-state index is 11.8. The van der Waals surface area contributed by atoms with Crippen molar-refractivity contribution in [2.75, 3.05) is 11.9 Å². The van der Waals surface area contributed by atoms with Gasteiger partial charge >= 0.3 is 0 Å². The first-order valence-corrected chi connectivity index (χ1v) is 7.28. The third-order valence-corrected chi connectivity index (χ3v) is 2.99. The molecule has 1 aromatic heterocycles. The van der Waals surface area contributed by atoms with E-state index in [-0.39, 0.29) is 18.4 Å². The Kier molecular flexibility index (Phi) is 6.01. The Morgan fingerprint density at radius 3 is 2.38 bits per heavy atom. The summed E-state index contributed by atoms with van der Waals surface area (Å²) in [4.78, 5) is 26.6. The molecule has 0 aliphatic heterocycles. The van der Waals surface area contributed by atoms with Crippen LogP contribution in [0.5, 0.6) is 5.75 Å². The van der Waals surface area contributed by atoms with Crippen LogP contribution in [0, 0.1) is 0 Å². The molecule has 0 aliphatic carbocycles. The molecule has 2 rings (SSSR count). The van der Waals surface area contributed by atoms with Gasteiger partial charge < -0.3 is 10.1 Å². The summed E-state index contributed by atoms with van der Waals surface area (Å²) >= 11 is 0. The van der Waals surface area contributed by atoms with Gasteiger partial charge in [-0.3, -0.25) is 14.6 Å². The van der Waals surface area contributed by atoms with Crippen molar-refractivity contribution in [3.05, 3.63) is 54.4 Å². The summed E-state index contributed by atoms with van der Waals surface area (Å²) in [7, 11) is 0. The van der Waals surface area contributed by atoms with Gasteiger partial charge in [0.05, 0.1) is 5.71 Å². The second kappa shape index (κ2) is 8.42. The molecular formula is C17H18N4O3. The molecule has 2 N–H and O–H groups in total. The maximum atomic E-state index is 11.8. The topological polar surface area (TPSA) is 92.7 Å². The van der Waals surface area contributed by atoms with Crippen LogP contribution in [-0.2, 0) is 9.59 Å². The minimum absolute atomic E-state index is 0.148. The van der Waals surface area contributed by atoms with E-state index in [1.807, 2.05) is 0 Å². The fourth-order valence-electron chi connectivity index (χ4n) is 1.82. The predicted molar refractivity (Wildman–Crippen MR) is 90.8 cm³/mol. The van der Waals surface area contributed by atoms with Crippen molar-refractivity contribution in [3.8, 4) is 5.75 Å². The van der Waals surface area contributed by atoms with Gasteiger partial charge in [0.15, 0.2) is 6.61 Å². The Hall–Kier alpha value is -3.22. The number of anilines is 1. The van der Waals surface area contributed by atoms with Crippen molar-refractivity contribution in [1.29, 1.82) is 0 Å². The molecule has 2 aromatic rings. The number of rotatable bonds is 6. The van der Waals surface area contributed by atoms with Crippen LogP contribution in [0.4, 0.5) is 5.69 Å². The van der Waals surface area contributed by atoms with Crippen LogP contribution < -0.4 is 15.5 Å². The molecule has 0 saturated heterocycles. The lowest BCUT2D eigenvalue weighted by atomic mass is 10.2. The molecule has 0 saturated carbocycles. The van der Waals surface area contributed by atoms with Crippen LogP contribution in [0.15, 0.2) is 53.9 Å². The van der Waals surface area contributed by atoms with Crippen LogP contribution in [0.1, 0.15) is 19.4 Å². The van der Waals surface area contributed by atoms with Gasteiger partial charge in [-0.2, -0.15) is 5.10 Å². The van der Waals surface area contributed by atoms with Crippen LogP contribution >= 0.6 is 0 Å². The first kappa shape index (κ1) is 17.1. The molecule has 124 valence electrons. The molecule has 0 atom stereocenters. The molecule has 0 unspecified atom stereocenters. The Balaban J connectivity index is 1.81. The molecular weight excluding hydrogens is 308 g/mol. The van der Waals surface area contributed by atoms with E-state index in [0.717, 1.165) is 5.56 Å². The molecule has 0 spiro atoms. The Bertz CT molecular complexity index is 727. The molecule has 0 aliphatic rings. The highest BCUT2D eigenvalue weighted by Gasteiger charge is 2.03. The van der Waals surface area contributed by atoms with Crippen LogP contribution in [0.3, 0.4) is 0 Å². The molecule has 0 fully saturated rings. The number of hydrogen-bond donors (Lipinski definition) is 2. The number of aromatic nitrogens is 1. The number of pyridine rings is 1. The second-order valence-electron chi connectivity index (χ2n) is 4.96. The van der Waals surface area contributed by atoms with Gasteiger partial charge in [-0.1, -0.05) is 0 Å². The lowest BCUT2D eigenvalue weighted by molar-refractivity contribution is -0.123. The van der Waals surface area contributed by atoms with E-state index in [1.54, 1.807) is 55.7 Å². The summed E-state index contributed by atoms with van der Waals surface area (Å²) in [6, 6.07) is 10.3. The van der Waals surface area contributed by atoms with E-state index in [4.69, 9.17) is 4.74 Å². The molecule has 0 radical (unpaired) electrons. The van der Waals surface area contributed by atoms with E-state index < -0.39 is 0 Å². The SMILES string of the molecule is CC(=O)Nc1ccc(OCC(=O)NN=C(C)c2ccncc2)cc1. The highest BCUT2D eigenvalue weighted by Crippen LogP contribution is 2.15. The number of nitrogens with zero attached hydrogens (tertiary/aromatic N) is 2. The summed E-state index contributed by atoms with van der Waals surface area (Å²) in [5.41, 5.74) is 4.65. The van der Waals surface area contributed by atoms with E-state index >= 15 is 0 Å². The first-order valence-electron chi connectivity index (χ1n) is 7.28. The number of nitrogens with one attached hydrogen (secondary N) is 2. The van der Waals surface area contributed by atoms with Crippen molar-refractivity contribution in [2.45, 2.75) is 13.8 Å². The van der Waals surface area contributed by atoms with E-state index in [1.165, 1.54) is 6.92 Å². The zero-order valence-corrected chi connectivity index (χ0v) is 13.4. The minimum atomic E-state index is -0.366. The highest BCUT2D eigenvalue weighted by molar-refractivity contribution is 5.99. The van der Waals surface area contributed by atoms with Gasteiger partial charge in [0.25, 0.3) is 5.91 Å². The number of hydrazone groups is 1. The summed E-state index contributed by atoms with van der Waals surface area (Å²) in [5.74, 6) is 0.00825. The molecule has 7 nitrogen and oxygen atoms in total. The zero-order valence-electron chi connectivity index (χ0n) is 13.4. The van der Waals surface area contributed by atoms with Gasteiger partial charge in [0.2, 0.25) is 5.91 Å². The zero-order chi connectivity index (χ0) is 17.4. The average molecular weight is 326 g/mol. The highest BCUT2D eigenvalue weighted by atomic mass is 16.5. The number of ether oxygens (including phenoxy) is 1. The number of hydrogen-bond acceptors (Lipinski definition) is 5. The van der Waals surface area contributed by atoms with Crippen LogP contribution in [-0.4, -0.2) is 29.1 Å². The van der Waals surface area contributed by atoms with E-state index in [0.29, 0.717) is 17.1 Å². The smallest absolute Gasteiger partial charge is 0.277 e. The normalized spacial score (nSPS) is 10.8. The van der Waals surface area contributed by atoms with Crippen LogP contribution in [0.25, 0.3) is 0 Å². The van der Waals surface area contributed by atoms with Gasteiger partial charge in [0, 0.05) is 30.6 Å². The van der Waals surface area contributed by atoms with E-state index in [2.05, 4.69) is 20.8 Å². The van der Waals surface area contributed by atoms with Gasteiger partial charge in [-0.05, 0) is 43.3 Å². The maximum Gasteiger partial charge on any atom is 0.277 e. The minimum Gasteiger partial charge on any atom is -0.484 e. The van der Waals surface area contributed by atoms with Crippen molar-refractivity contribution in [2.24, 2.45) is 5.10 Å². The number of amides is 2. The van der Waals surface area contributed by atoms with E-state index in [9.17, 15) is 9.59 Å². The van der Waals surface area contributed by atoms with Crippen molar-refractivity contribution in [3.63, 3.8) is 0 Å². The Morgan fingerprint density at radius 1 is 1.08 bits per heavy atom.